The van der Waals surface area contributed by atoms with Gasteiger partial charge in [0.25, 0.3) is 0 Å². The minimum Gasteiger partial charge on any atom is -0.369 e. The smallest absolute Gasteiger partial charge is 0.244 e. The van der Waals surface area contributed by atoms with Gasteiger partial charge in [-0.1, -0.05) is 23.2 Å². The number of hydrogen-bond donors (Lipinski definition) is 1. The van der Waals surface area contributed by atoms with Gasteiger partial charge in [-0.05, 0) is 31.0 Å². The third kappa shape index (κ3) is 3.09. The molecule has 0 aliphatic carbocycles. The van der Waals surface area contributed by atoms with Crippen molar-refractivity contribution in [2.75, 3.05) is 13.1 Å². The van der Waals surface area contributed by atoms with Crippen molar-refractivity contribution in [3.05, 3.63) is 28.2 Å². The largest absolute Gasteiger partial charge is 0.369 e. The number of nitrogens with two attached hydrogens (primary N) is 1. The highest BCUT2D eigenvalue weighted by Gasteiger charge is 2.32. The zero-order valence-electron chi connectivity index (χ0n) is 10.6. The summed E-state index contributed by atoms with van der Waals surface area (Å²) in [6, 6.07) is 4.27. The number of primary amides is 1. The predicted molar refractivity (Wildman–Crippen MR) is 77.1 cm³/mol. The standard InChI is InChI=1S/C12H14Cl2N2O3S/c13-9-1-2-11(10(14)7-9)20(18,19)16-5-3-8(4-6-16)12(15)17/h1-2,7-8H,3-6H2,(H2,15,17). The average molecular weight is 337 g/mol. The summed E-state index contributed by atoms with van der Waals surface area (Å²) in [4.78, 5) is 11.1. The van der Waals surface area contributed by atoms with Crippen molar-refractivity contribution in [3.8, 4) is 0 Å². The number of carbonyl (C=O) groups is 1. The van der Waals surface area contributed by atoms with Gasteiger partial charge in [0.1, 0.15) is 4.90 Å². The lowest BCUT2D eigenvalue weighted by Gasteiger charge is -2.29. The second-order valence-electron chi connectivity index (χ2n) is 4.66. The molecule has 0 radical (unpaired) electrons. The predicted octanol–water partition coefficient (Wildman–Crippen LogP) is 1.88. The molecule has 1 heterocycles. The summed E-state index contributed by atoms with van der Waals surface area (Å²) >= 11 is 11.7. The van der Waals surface area contributed by atoms with Gasteiger partial charge in [-0.25, -0.2) is 8.42 Å². The van der Waals surface area contributed by atoms with E-state index in [4.69, 9.17) is 28.9 Å². The second-order valence-corrected chi connectivity index (χ2v) is 7.41. The van der Waals surface area contributed by atoms with Gasteiger partial charge in [-0.15, -0.1) is 0 Å². The van der Waals surface area contributed by atoms with Crippen LogP contribution in [-0.2, 0) is 14.8 Å². The van der Waals surface area contributed by atoms with Crippen LogP contribution >= 0.6 is 23.2 Å². The van der Waals surface area contributed by atoms with Gasteiger partial charge in [-0.3, -0.25) is 4.79 Å². The summed E-state index contributed by atoms with van der Waals surface area (Å²) in [7, 11) is -3.67. The van der Waals surface area contributed by atoms with Crippen LogP contribution < -0.4 is 5.73 Å². The van der Waals surface area contributed by atoms with Gasteiger partial charge in [0.15, 0.2) is 0 Å². The van der Waals surface area contributed by atoms with Gasteiger partial charge in [0.05, 0.1) is 5.02 Å². The molecule has 0 unspecified atom stereocenters. The second kappa shape index (κ2) is 5.89. The fourth-order valence-electron chi connectivity index (χ4n) is 2.20. The molecule has 8 heteroatoms. The number of sulfonamides is 1. The molecule has 0 spiro atoms. The molecule has 2 rings (SSSR count). The number of piperidine rings is 1. The molecule has 1 aromatic carbocycles. The molecule has 1 saturated heterocycles. The number of benzene rings is 1. The van der Waals surface area contributed by atoms with E-state index in [1.54, 1.807) is 0 Å². The molecule has 5 nitrogen and oxygen atoms in total. The molecule has 0 atom stereocenters. The van der Waals surface area contributed by atoms with E-state index in [-0.39, 0.29) is 34.8 Å². The van der Waals surface area contributed by atoms with E-state index >= 15 is 0 Å². The molecule has 0 bridgehead atoms. The topological polar surface area (TPSA) is 80.5 Å². The van der Waals surface area contributed by atoms with Gasteiger partial charge < -0.3 is 5.73 Å². The minimum absolute atomic E-state index is 0.0288. The lowest BCUT2D eigenvalue weighted by molar-refractivity contribution is -0.122. The van der Waals surface area contributed by atoms with E-state index in [2.05, 4.69) is 0 Å². The fourth-order valence-corrected chi connectivity index (χ4v) is 4.42. The van der Waals surface area contributed by atoms with Crippen molar-refractivity contribution in [2.24, 2.45) is 11.7 Å². The zero-order chi connectivity index (χ0) is 14.9. The summed E-state index contributed by atoms with van der Waals surface area (Å²) in [6.07, 6.45) is 0.861. The van der Waals surface area contributed by atoms with Gasteiger partial charge in [-0.2, -0.15) is 4.31 Å². The molecule has 1 amide bonds. The number of halogens is 2. The highest BCUT2D eigenvalue weighted by atomic mass is 35.5. The molecule has 1 aromatic rings. The molecule has 20 heavy (non-hydrogen) atoms. The Labute approximate surface area is 127 Å². The SMILES string of the molecule is NC(=O)C1CCN(S(=O)(=O)c2ccc(Cl)cc2Cl)CC1. The Hall–Kier alpha value is -0.820. The normalized spacial score (nSPS) is 18.1. The van der Waals surface area contributed by atoms with Crippen LogP contribution in [0.1, 0.15) is 12.8 Å². The van der Waals surface area contributed by atoms with Crippen molar-refractivity contribution in [1.29, 1.82) is 0 Å². The average Bonchev–Trinajstić information content (AvgIpc) is 2.38. The Morgan fingerprint density at radius 3 is 2.35 bits per heavy atom. The zero-order valence-corrected chi connectivity index (χ0v) is 12.9. The first kappa shape index (κ1) is 15.6. The summed E-state index contributed by atoms with van der Waals surface area (Å²) in [5.41, 5.74) is 5.23. The monoisotopic (exact) mass is 336 g/mol. The van der Waals surface area contributed by atoms with Crippen LogP contribution in [0.2, 0.25) is 10.0 Å². The number of hydrogen-bond acceptors (Lipinski definition) is 3. The lowest BCUT2D eigenvalue weighted by Crippen LogP contribution is -2.41. The van der Waals surface area contributed by atoms with E-state index in [0.29, 0.717) is 17.9 Å². The summed E-state index contributed by atoms with van der Waals surface area (Å²) in [6.45, 7) is 0.518. The van der Waals surface area contributed by atoms with E-state index in [9.17, 15) is 13.2 Å². The van der Waals surface area contributed by atoms with Crippen molar-refractivity contribution in [1.82, 2.24) is 4.31 Å². The first-order chi connectivity index (χ1) is 9.32. The number of carbonyl (C=O) groups excluding carboxylic acids is 1. The van der Waals surface area contributed by atoms with Crippen LogP contribution in [0.15, 0.2) is 23.1 Å². The third-order valence-electron chi connectivity index (χ3n) is 3.37. The Balaban J connectivity index is 2.22. The Morgan fingerprint density at radius 2 is 1.85 bits per heavy atom. The highest BCUT2D eigenvalue weighted by molar-refractivity contribution is 7.89. The Bertz CT molecular complexity index is 626. The number of rotatable bonds is 3. The fraction of sp³-hybridized carbons (Fsp3) is 0.417. The molecule has 1 aliphatic heterocycles. The van der Waals surface area contributed by atoms with Gasteiger partial charge >= 0.3 is 0 Å². The van der Waals surface area contributed by atoms with Crippen LogP contribution in [-0.4, -0.2) is 31.7 Å². The maximum Gasteiger partial charge on any atom is 0.244 e. The van der Waals surface area contributed by atoms with Crippen molar-refractivity contribution in [2.45, 2.75) is 17.7 Å². The lowest BCUT2D eigenvalue weighted by atomic mass is 9.98. The molecule has 110 valence electrons. The van der Waals surface area contributed by atoms with Crippen molar-refractivity contribution >= 4 is 39.1 Å². The molecule has 0 saturated carbocycles. The van der Waals surface area contributed by atoms with Crippen LogP contribution in [0.25, 0.3) is 0 Å². The van der Waals surface area contributed by atoms with Crippen LogP contribution in [0.4, 0.5) is 0 Å². The molecule has 1 aliphatic rings. The first-order valence-electron chi connectivity index (χ1n) is 6.07. The molecular formula is C12H14Cl2N2O3S. The molecule has 0 aromatic heterocycles. The molecular weight excluding hydrogens is 323 g/mol. The van der Waals surface area contributed by atoms with E-state index in [1.807, 2.05) is 0 Å². The Kier molecular flexibility index (Phi) is 4.59. The summed E-state index contributed by atoms with van der Waals surface area (Å²) in [5.74, 6) is -0.645. The van der Waals surface area contributed by atoms with Gasteiger partial charge in [0, 0.05) is 24.0 Å². The van der Waals surface area contributed by atoms with E-state index in [0.717, 1.165) is 0 Å². The summed E-state index contributed by atoms with van der Waals surface area (Å²) in [5, 5.41) is 0.468. The minimum atomic E-state index is -3.67. The van der Waals surface area contributed by atoms with Crippen LogP contribution in [0, 0.1) is 5.92 Å². The maximum atomic E-state index is 12.5. The highest BCUT2D eigenvalue weighted by Crippen LogP contribution is 2.29. The van der Waals surface area contributed by atoms with Crippen molar-refractivity contribution < 1.29 is 13.2 Å². The molecule has 2 N–H and O–H groups in total. The number of amides is 1. The van der Waals surface area contributed by atoms with Crippen LogP contribution in [0.3, 0.4) is 0 Å². The first-order valence-corrected chi connectivity index (χ1v) is 8.26. The van der Waals surface area contributed by atoms with Gasteiger partial charge in [0.2, 0.25) is 15.9 Å². The van der Waals surface area contributed by atoms with E-state index in [1.165, 1.54) is 22.5 Å². The third-order valence-corrected chi connectivity index (χ3v) is 5.98. The summed E-state index contributed by atoms with van der Waals surface area (Å²) < 4.78 is 26.3. The molecule has 1 fully saturated rings. The maximum absolute atomic E-state index is 12.5. The Morgan fingerprint density at radius 1 is 1.25 bits per heavy atom. The van der Waals surface area contributed by atoms with Crippen molar-refractivity contribution in [3.63, 3.8) is 0 Å². The quantitative estimate of drug-likeness (QED) is 0.914. The van der Waals surface area contributed by atoms with Crippen LogP contribution in [0.5, 0.6) is 0 Å². The number of nitrogens with zero attached hydrogens (tertiary/aromatic N) is 1. The van der Waals surface area contributed by atoms with E-state index < -0.39 is 10.0 Å².